The zero-order valence-electron chi connectivity index (χ0n) is 8.69. The number of anilines is 1. The molecule has 0 aliphatic carbocycles. The first kappa shape index (κ1) is 10.6. The molecular formula is C10H14ClN3O. The van der Waals surface area contributed by atoms with Crippen molar-refractivity contribution in [2.24, 2.45) is 0 Å². The molecule has 1 aromatic rings. The summed E-state index contributed by atoms with van der Waals surface area (Å²) in [6, 6.07) is 1.84. The summed E-state index contributed by atoms with van der Waals surface area (Å²) >= 11 is 5.80. The van der Waals surface area contributed by atoms with Gasteiger partial charge < -0.3 is 9.64 Å². The van der Waals surface area contributed by atoms with Gasteiger partial charge in [0.25, 0.3) is 0 Å². The fraction of sp³-hybridized carbons (Fsp3) is 0.600. The third-order valence-corrected chi connectivity index (χ3v) is 2.87. The highest BCUT2D eigenvalue weighted by atomic mass is 35.5. The van der Waals surface area contributed by atoms with Gasteiger partial charge in [-0.3, -0.25) is 0 Å². The van der Waals surface area contributed by atoms with E-state index in [9.17, 15) is 0 Å². The molecular weight excluding hydrogens is 214 g/mol. The van der Waals surface area contributed by atoms with Crippen LogP contribution in [0, 0.1) is 0 Å². The molecule has 0 saturated carbocycles. The van der Waals surface area contributed by atoms with E-state index in [1.54, 1.807) is 13.3 Å². The van der Waals surface area contributed by atoms with Crippen molar-refractivity contribution in [1.82, 2.24) is 10.2 Å². The van der Waals surface area contributed by atoms with Gasteiger partial charge in [0.1, 0.15) is 0 Å². The lowest BCUT2D eigenvalue weighted by Gasteiger charge is -2.33. The van der Waals surface area contributed by atoms with Crippen molar-refractivity contribution in [1.29, 1.82) is 0 Å². The molecule has 1 aliphatic rings. The summed E-state index contributed by atoms with van der Waals surface area (Å²) in [6.07, 6.45) is 4.31. The number of methoxy groups -OCH3 is 1. The van der Waals surface area contributed by atoms with Crippen LogP contribution in [0.3, 0.4) is 0 Å². The maximum absolute atomic E-state index is 5.80. The predicted molar refractivity (Wildman–Crippen MR) is 59.3 cm³/mol. The van der Waals surface area contributed by atoms with Crippen LogP contribution in [0.25, 0.3) is 0 Å². The van der Waals surface area contributed by atoms with Gasteiger partial charge in [-0.1, -0.05) is 11.6 Å². The van der Waals surface area contributed by atoms with Crippen LogP contribution in [-0.4, -0.2) is 36.5 Å². The number of piperidine rings is 1. The third-order valence-electron chi connectivity index (χ3n) is 2.69. The average Bonchev–Trinajstić information content (AvgIpc) is 2.29. The number of halogens is 1. The molecule has 82 valence electrons. The number of nitrogens with zero attached hydrogens (tertiary/aromatic N) is 3. The molecule has 2 rings (SSSR count). The molecule has 0 aromatic carbocycles. The summed E-state index contributed by atoms with van der Waals surface area (Å²) in [5.41, 5.74) is 1.02. The molecule has 0 bridgehead atoms. The molecule has 0 radical (unpaired) electrons. The Labute approximate surface area is 94.2 Å². The summed E-state index contributed by atoms with van der Waals surface area (Å²) in [7, 11) is 1.76. The number of aromatic nitrogens is 2. The van der Waals surface area contributed by atoms with Crippen molar-refractivity contribution in [3.63, 3.8) is 0 Å². The Kier molecular flexibility index (Phi) is 3.38. The second kappa shape index (κ2) is 4.77. The lowest BCUT2D eigenvalue weighted by molar-refractivity contribution is 0.0893. The Morgan fingerprint density at radius 3 is 3.20 bits per heavy atom. The summed E-state index contributed by atoms with van der Waals surface area (Å²) in [5.74, 6) is 0. The Bertz CT molecular complexity index is 334. The highest BCUT2D eigenvalue weighted by Gasteiger charge is 2.19. The number of ether oxygens (including phenoxy) is 1. The van der Waals surface area contributed by atoms with Crippen molar-refractivity contribution in [2.75, 3.05) is 25.1 Å². The van der Waals surface area contributed by atoms with Crippen molar-refractivity contribution in [3.8, 4) is 0 Å². The van der Waals surface area contributed by atoms with Crippen LogP contribution < -0.4 is 4.90 Å². The minimum atomic E-state index is 0.311. The van der Waals surface area contributed by atoms with Gasteiger partial charge in [0, 0.05) is 26.3 Å². The van der Waals surface area contributed by atoms with E-state index in [0.29, 0.717) is 11.3 Å². The molecule has 2 heterocycles. The van der Waals surface area contributed by atoms with Crippen molar-refractivity contribution in [3.05, 3.63) is 17.4 Å². The van der Waals surface area contributed by atoms with Gasteiger partial charge in [0.15, 0.2) is 5.15 Å². The molecule has 0 spiro atoms. The smallest absolute Gasteiger partial charge is 0.153 e. The SMILES string of the molecule is COC1CCCN(c2cnnc(Cl)c2)C1. The predicted octanol–water partition coefficient (Wildman–Crippen LogP) is 1.75. The fourth-order valence-electron chi connectivity index (χ4n) is 1.87. The molecule has 1 saturated heterocycles. The molecule has 15 heavy (non-hydrogen) atoms. The Morgan fingerprint density at radius 2 is 2.47 bits per heavy atom. The minimum absolute atomic E-state index is 0.311. The van der Waals surface area contributed by atoms with Crippen LogP contribution in [0.4, 0.5) is 5.69 Å². The quantitative estimate of drug-likeness (QED) is 0.772. The van der Waals surface area contributed by atoms with Crippen LogP contribution >= 0.6 is 11.6 Å². The van der Waals surface area contributed by atoms with E-state index in [1.165, 1.54) is 0 Å². The van der Waals surface area contributed by atoms with Crippen LogP contribution in [0.15, 0.2) is 12.3 Å². The molecule has 1 unspecified atom stereocenters. The molecule has 5 heteroatoms. The fourth-order valence-corrected chi connectivity index (χ4v) is 2.02. The van der Waals surface area contributed by atoms with Gasteiger partial charge >= 0.3 is 0 Å². The average molecular weight is 228 g/mol. The highest BCUT2D eigenvalue weighted by Crippen LogP contribution is 2.21. The van der Waals surface area contributed by atoms with Gasteiger partial charge in [-0.2, -0.15) is 5.10 Å². The Balaban J connectivity index is 2.09. The van der Waals surface area contributed by atoms with Gasteiger partial charge in [0.2, 0.25) is 0 Å². The summed E-state index contributed by atoms with van der Waals surface area (Å²) < 4.78 is 5.36. The van der Waals surface area contributed by atoms with E-state index in [1.807, 2.05) is 6.07 Å². The van der Waals surface area contributed by atoms with E-state index in [0.717, 1.165) is 31.6 Å². The van der Waals surface area contributed by atoms with Crippen LogP contribution in [0.2, 0.25) is 5.15 Å². The molecule has 0 amide bonds. The lowest BCUT2D eigenvalue weighted by Crippen LogP contribution is -2.39. The number of hydrogen-bond acceptors (Lipinski definition) is 4. The van der Waals surface area contributed by atoms with Gasteiger partial charge in [-0.25, -0.2) is 0 Å². The van der Waals surface area contributed by atoms with E-state index in [4.69, 9.17) is 16.3 Å². The minimum Gasteiger partial charge on any atom is -0.380 e. The largest absolute Gasteiger partial charge is 0.380 e. The van der Waals surface area contributed by atoms with Gasteiger partial charge in [0.05, 0.1) is 18.0 Å². The number of rotatable bonds is 2. The first-order valence-electron chi connectivity index (χ1n) is 5.05. The second-order valence-corrected chi connectivity index (χ2v) is 4.07. The molecule has 0 N–H and O–H groups in total. The zero-order chi connectivity index (χ0) is 10.7. The molecule has 1 fully saturated rings. The molecule has 1 aromatic heterocycles. The Morgan fingerprint density at radius 1 is 1.60 bits per heavy atom. The summed E-state index contributed by atoms with van der Waals surface area (Å²) in [6.45, 7) is 1.93. The summed E-state index contributed by atoms with van der Waals surface area (Å²) in [5, 5.41) is 8.01. The second-order valence-electron chi connectivity index (χ2n) is 3.68. The zero-order valence-corrected chi connectivity index (χ0v) is 9.44. The van der Waals surface area contributed by atoms with E-state index in [2.05, 4.69) is 15.1 Å². The van der Waals surface area contributed by atoms with Crippen LogP contribution in [0.1, 0.15) is 12.8 Å². The highest BCUT2D eigenvalue weighted by molar-refractivity contribution is 6.29. The van der Waals surface area contributed by atoms with Crippen molar-refractivity contribution < 1.29 is 4.74 Å². The van der Waals surface area contributed by atoms with E-state index >= 15 is 0 Å². The summed E-state index contributed by atoms with van der Waals surface area (Å²) in [4.78, 5) is 2.23. The lowest BCUT2D eigenvalue weighted by atomic mass is 10.1. The third kappa shape index (κ3) is 2.58. The normalized spacial score (nSPS) is 21.7. The monoisotopic (exact) mass is 227 g/mol. The van der Waals surface area contributed by atoms with Crippen LogP contribution in [-0.2, 0) is 4.74 Å². The van der Waals surface area contributed by atoms with Crippen LogP contribution in [0.5, 0.6) is 0 Å². The molecule has 4 nitrogen and oxygen atoms in total. The van der Waals surface area contributed by atoms with Crippen molar-refractivity contribution >= 4 is 17.3 Å². The standard InChI is InChI=1S/C10H14ClN3O/c1-15-9-3-2-4-14(7-9)8-5-10(11)13-12-6-8/h5-6,9H,2-4,7H2,1H3. The molecule has 1 atom stereocenters. The van der Waals surface area contributed by atoms with E-state index in [-0.39, 0.29) is 0 Å². The maximum Gasteiger partial charge on any atom is 0.153 e. The first-order valence-corrected chi connectivity index (χ1v) is 5.43. The molecule has 1 aliphatic heterocycles. The van der Waals surface area contributed by atoms with Crippen molar-refractivity contribution in [2.45, 2.75) is 18.9 Å². The first-order chi connectivity index (χ1) is 7.29. The topological polar surface area (TPSA) is 38.2 Å². The van der Waals surface area contributed by atoms with E-state index < -0.39 is 0 Å². The van der Waals surface area contributed by atoms with Gasteiger partial charge in [-0.05, 0) is 12.8 Å². The maximum atomic E-state index is 5.80. The van der Waals surface area contributed by atoms with Gasteiger partial charge in [-0.15, -0.1) is 5.10 Å². The number of hydrogen-bond donors (Lipinski definition) is 0. The Hall–Kier alpha value is -0.870.